The maximum Gasteiger partial charge on any atom is 0.338 e. The summed E-state index contributed by atoms with van der Waals surface area (Å²) < 4.78 is 10.8. The van der Waals surface area contributed by atoms with Crippen LogP contribution in [-0.2, 0) is 14.3 Å². The van der Waals surface area contributed by atoms with Crippen LogP contribution < -0.4 is 4.74 Å². The Hall–Kier alpha value is -2.54. The first-order chi connectivity index (χ1) is 13.5. The number of carbonyl (C=O) groups excluding carboxylic acids is 2. The van der Waals surface area contributed by atoms with Crippen LogP contribution in [0.2, 0.25) is 0 Å². The molecule has 2 aliphatic heterocycles. The van der Waals surface area contributed by atoms with Crippen molar-refractivity contribution in [1.82, 2.24) is 4.90 Å². The number of fused-ring (bicyclic) bond motifs is 1. The Morgan fingerprint density at radius 1 is 1.32 bits per heavy atom. The standard InChI is InChI=1S/C21H24N2O4S/c1-5-12-27-20(25)17-13(4)22-21-23(19(24)16(6-2)28-21)18(17)14-8-10-15(11-9-14)26-7-3/h5,8-11,16,18H,1,6-7,12H2,2-4H3. The molecule has 0 aliphatic carbocycles. The molecule has 1 fully saturated rings. The predicted octanol–water partition coefficient (Wildman–Crippen LogP) is 3.85. The van der Waals surface area contributed by atoms with Gasteiger partial charge in [0.2, 0.25) is 5.91 Å². The lowest BCUT2D eigenvalue weighted by Crippen LogP contribution is -2.40. The van der Waals surface area contributed by atoms with Crippen molar-refractivity contribution >= 4 is 28.8 Å². The van der Waals surface area contributed by atoms with Crippen molar-refractivity contribution in [1.29, 1.82) is 0 Å². The van der Waals surface area contributed by atoms with Gasteiger partial charge in [0.15, 0.2) is 5.17 Å². The molecular weight excluding hydrogens is 376 g/mol. The molecule has 0 saturated carbocycles. The second-order valence-corrected chi connectivity index (χ2v) is 7.58. The third-order valence-electron chi connectivity index (χ3n) is 4.58. The lowest BCUT2D eigenvalue weighted by molar-refractivity contribution is -0.139. The van der Waals surface area contributed by atoms with Gasteiger partial charge in [0, 0.05) is 0 Å². The molecule has 6 nitrogen and oxygen atoms in total. The topological polar surface area (TPSA) is 68.2 Å². The maximum absolute atomic E-state index is 13.0. The summed E-state index contributed by atoms with van der Waals surface area (Å²) in [4.78, 5) is 32.0. The molecule has 0 spiro atoms. The van der Waals surface area contributed by atoms with Gasteiger partial charge >= 0.3 is 5.97 Å². The number of esters is 1. The van der Waals surface area contributed by atoms with E-state index in [0.717, 1.165) is 11.3 Å². The van der Waals surface area contributed by atoms with E-state index in [4.69, 9.17) is 9.47 Å². The fourth-order valence-corrected chi connectivity index (χ4v) is 4.42. The van der Waals surface area contributed by atoms with Gasteiger partial charge in [-0.05, 0) is 38.0 Å². The minimum absolute atomic E-state index is 0.0355. The number of benzene rings is 1. The van der Waals surface area contributed by atoms with Crippen LogP contribution in [0.1, 0.15) is 38.8 Å². The third-order valence-corrected chi connectivity index (χ3v) is 5.90. The van der Waals surface area contributed by atoms with Gasteiger partial charge in [-0.3, -0.25) is 9.69 Å². The quantitative estimate of drug-likeness (QED) is 0.514. The highest BCUT2D eigenvalue weighted by molar-refractivity contribution is 8.15. The van der Waals surface area contributed by atoms with Gasteiger partial charge in [-0.2, -0.15) is 0 Å². The van der Waals surface area contributed by atoms with E-state index in [1.807, 2.05) is 38.1 Å². The van der Waals surface area contributed by atoms with E-state index >= 15 is 0 Å². The Labute approximate surface area is 169 Å². The molecular formula is C21H24N2O4S. The first kappa shape index (κ1) is 20.2. The summed E-state index contributed by atoms with van der Waals surface area (Å²) in [5, 5.41) is 0.439. The summed E-state index contributed by atoms with van der Waals surface area (Å²) in [6.07, 6.45) is 2.21. The highest BCUT2D eigenvalue weighted by atomic mass is 32.2. The van der Waals surface area contributed by atoms with Gasteiger partial charge < -0.3 is 9.47 Å². The molecule has 2 heterocycles. The van der Waals surface area contributed by atoms with Crippen LogP contribution in [0, 0.1) is 0 Å². The summed E-state index contributed by atoms with van der Waals surface area (Å²) in [6, 6.07) is 6.87. The minimum Gasteiger partial charge on any atom is -0.494 e. The molecule has 1 aromatic rings. The summed E-state index contributed by atoms with van der Waals surface area (Å²) in [5.41, 5.74) is 1.75. The van der Waals surface area contributed by atoms with Gasteiger partial charge in [-0.25, -0.2) is 9.79 Å². The largest absolute Gasteiger partial charge is 0.494 e. The molecule has 7 heteroatoms. The monoisotopic (exact) mass is 400 g/mol. The van der Waals surface area contributed by atoms with Crippen LogP contribution in [0.3, 0.4) is 0 Å². The van der Waals surface area contributed by atoms with Crippen LogP contribution in [0.25, 0.3) is 0 Å². The van der Waals surface area contributed by atoms with Crippen molar-refractivity contribution in [3.8, 4) is 5.75 Å². The first-order valence-electron chi connectivity index (χ1n) is 9.31. The van der Waals surface area contributed by atoms with E-state index in [1.54, 1.807) is 11.8 Å². The fourth-order valence-electron chi connectivity index (χ4n) is 3.29. The van der Waals surface area contributed by atoms with Gasteiger partial charge in [-0.1, -0.05) is 43.5 Å². The van der Waals surface area contributed by atoms with Crippen LogP contribution in [-0.4, -0.2) is 40.4 Å². The molecule has 2 atom stereocenters. The van der Waals surface area contributed by atoms with E-state index in [-0.39, 0.29) is 17.8 Å². The van der Waals surface area contributed by atoms with Crippen LogP contribution in [0.5, 0.6) is 5.75 Å². The van der Waals surface area contributed by atoms with Crippen LogP contribution in [0.4, 0.5) is 0 Å². The highest BCUT2D eigenvalue weighted by Crippen LogP contribution is 2.44. The SMILES string of the molecule is C=CCOC(=O)C1=C(C)N=C2SC(CC)C(=O)N2C1c1ccc(OCC)cc1. The number of hydrogen-bond acceptors (Lipinski definition) is 6. The number of aliphatic imine (C=N–C) groups is 1. The lowest BCUT2D eigenvalue weighted by atomic mass is 9.94. The number of hydrogen-bond donors (Lipinski definition) is 0. The molecule has 28 heavy (non-hydrogen) atoms. The molecule has 0 radical (unpaired) electrons. The molecule has 1 aromatic carbocycles. The van der Waals surface area contributed by atoms with Crippen molar-refractivity contribution < 1.29 is 19.1 Å². The number of amides is 1. The molecule has 0 bridgehead atoms. The molecule has 1 saturated heterocycles. The number of nitrogens with zero attached hydrogens (tertiary/aromatic N) is 2. The Morgan fingerprint density at radius 3 is 2.64 bits per heavy atom. The van der Waals surface area contributed by atoms with E-state index in [0.29, 0.717) is 29.5 Å². The van der Waals surface area contributed by atoms with Gasteiger partial charge in [-0.15, -0.1) is 0 Å². The number of ether oxygens (including phenoxy) is 2. The molecule has 1 amide bonds. The first-order valence-corrected chi connectivity index (χ1v) is 10.2. The Morgan fingerprint density at radius 2 is 2.04 bits per heavy atom. The Balaban J connectivity index is 2.06. The van der Waals surface area contributed by atoms with Crippen molar-refractivity contribution in [2.45, 2.75) is 38.5 Å². The predicted molar refractivity (Wildman–Crippen MR) is 110 cm³/mol. The molecule has 0 aromatic heterocycles. The number of rotatable bonds is 7. The zero-order valence-corrected chi connectivity index (χ0v) is 17.1. The minimum atomic E-state index is -0.572. The number of allylic oxidation sites excluding steroid dienone is 1. The van der Waals surface area contributed by atoms with Crippen molar-refractivity contribution in [3.05, 3.63) is 53.8 Å². The lowest BCUT2D eigenvalue weighted by Gasteiger charge is -2.33. The maximum atomic E-state index is 13.0. The summed E-state index contributed by atoms with van der Waals surface area (Å²) in [6.45, 7) is 9.92. The average Bonchev–Trinajstić information content (AvgIpc) is 3.01. The summed E-state index contributed by atoms with van der Waals surface area (Å²) in [7, 11) is 0. The van der Waals surface area contributed by atoms with Crippen molar-refractivity contribution in [3.63, 3.8) is 0 Å². The molecule has 148 valence electrons. The van der Waals surface area contributed by atoms with Gasteiger partial charge in [0.05, 0.1) is 29.2 Å². The Bertz CT molecular complexity index is 844. The van der Waals surface area contributed by atoms with Gasteiger partial charge in [0.1, 0.15) is 12.4 Å². The number of carbonyl (C=O) groups is 2. The third kappa shape index (κ3) is 3.71. The fraction of sp³-hybridized carbons (Fsp3) is 0.381. The zero-order chi connectivity index (χ0) is 20.3. The van der Waals surface area contributed by atoms with E-state index in [2.05, 4.69) is 11.6 Å². The van der Waals surface area contributed by atoms with Crippen LogP contribution >= 0.6 is 11.8 Å². The van der Waals surface area contributed by atoms with Crippen molar-refractivity contribution in [2.75, 3.05) is 13.2 Å². The summed E-state index contributed by atoms with van der Waals surface area (Å²) in [5.74, 6) is 0.212. The smallest absolute Gasteiger partial charge is 0.338 e. The Kier molecular flexibility index (Phi) is 6.24. The number of amidine groups is 1. The van der Waals surface area contributed by atoms with E-state index < -0.39 is 12.0 Å². The second-order valence-electron chi connectivity index (χ2n) is 6.41. The second kappa shape index (κ2) is 8.65. The number of thioether (sulfide) groups is 1. The van der Waals surface area contributed by atoms with E-state index in [1.165, 1.54) is 17.8 Å². The highest BCUT2D eigenvalue weighted by Gasteiger charge is 2.47. The molecule has 2 unspecified atom stereocenters. The average molecular weight is 401 g/mol. The van der Waals surface area contributed by atoms with Crippen LogP contribution in [0.15, 0.2) is 53.2 Å². The summed E-state index contributed by atoms with van der Waals surface area (Å²) >= 11 is 1.45. The zero-order valence-electron chi connectivity index (χ0n) is 16.3. The normalized spacial score (nSPS) is 21.3. The van der Waals surface area contributed by atoms with Crippen molar-refractivity contribution in [2.24, 2.45) is 4.99 Å². The van der Waals surface area contributed by atoms with E-state index in [9.17, 15) is 9.59 Å². The molecule has 2 aliphatic rings. The molecule has 0 N–H and O–H groups in total. The van der Waals surface area contributed by atoms with Gasteiger partial charge in [0.25, 0.3) is 0 Å². The molecule has 3 rings (SSSR count).